The van der Waals surface area contributed by atoms with Gasteiger partial charge < -0.3 is 0 Å². The molecule has 2 aliphatic rings. The largest absolute Gasteiger partial charge is 0.0622 e. The van der Waals surface area contributed by atoms with E-state index in [9.17, 15) is 0 Å². The quantitative estimate of drug-likeness (QED) is 0.582. The van der Waals surface area contributed by atoms with E-state index in [-0.39, 0.29) is 0 Å². The van der Waals surface area contributed by atoms with Crippen molar-refractivity contribution in [3.63, 3.8) is 0 Å². The molecule has 0 bridgehead atoms. The van der Waals surface area contributed by atoms with Crippen LogP contribution in [0.2, 0.25) is 0 Å². The summed E-state index contributed by atoms with van der Waals surface area (Å²) in [5.41, 5.74) is 1.75. The fourth-order valence-corrected chi connectivity index (χ4v) is 5.06. The van der Waals surface area contributed by atoms with Crippen LogP contribution in [-0.2, 0) is 0 Å². The second-order valence-electron chi connectivity index (χ2n) is 7.12. The van der Waals surface area contributed by atoms with E-state index in [1.165, 1.54) is 6.42 Å². The summed E-state index contributed by atoms with van der Waals surface area (Å²) < 4.78 is 0. The van der Waals surface area contributed by atoms with Gasteiger partial charge in [-0.2, -0.15) is 0 Å². The average molecular weight is 194 g/mol. The van der Waals surface area contributed by atoms with E-state index in [4.69, 9.17) is 0 Å². The Morgan fingerprint density at radius 1 is 1.07 bits per heavy atom. The molecule has 0 heterocycles. The van der Waals surface area contributed by atoms with Crippen LogP contribution in [0.1, 0.15) is 54.9 Å². The summed E-state index contributed by atoms with van der Waals surface area (Å²) in [6.07, 6.45) is 1.45. The summed E-state index contributed by atoms with van der Waals surface area (Å²) in [7, 11) is 0. The van der Waals surface area contributed by atoms with E-state index in [1.54, 1.807) is 0 Å². The Bertz CT molecular complexity index is 255. The fraction of sp³-hybridized carbons (Fsp3) is 1.00. The highest BCUT2D eigenvalue weighted by atomic mass is 14.8. The van der Waals surface area contributed by atoms with Crippen LogP contribution in [0.3, 0.4) is 0 Å². The molecule has 2 fully saturated rings. The maximum absolute atomic E-state index is 2.54. The zero-order valence-corrected chi connectivity index (χ0v) is 10.9. The van der Waals surface area contributed by atoms with Crippen molar-refractivity contribution in [1.82, 2.24) is 0 Å². The number of hydrogen-bond donors (Lipinski definition) is 0. The highest BCUT2D eigenvalue weighted by molar-refractivity contribution is 5.24. The Morgan fingerprint density at radius 3 is 1.86 bits per heavy atom. The first-order valence-corrected chi connectivity index (χ1v) is 6.19. The van der Waals surface area contributed by atoms with Crippen molar-refractivity contribution in [3.05, 3.63) is 0 Å². The third-order valence-electron chi connectivity index (χ3n) is 6.75. The van der Waals surface area contributed by atoms with Crippen molar-refractivity contribution in [3.8, 4) is 0 Å². The van der Waals surface area contributed by atoms with Crippen LogP contribution in [0.15, 0.2) is 0 Å². The van der Waals surface area contributed by atoms with Gasteiger partial charge in [-0.3, -0.25) is 0 Å². The molecule has 0 aromatic heterocycles. The van der Waals surface area contributed by atoms with Crippen molar-refractivity contribution in [2.24, 2.45) is 34.0 Å². The van der Waals surface area contributed by atoms with Crippen LogP contribution in [0.25, 0.3) is 0 Å². The van der Waals surface area contributed by atoms with Crippen molar-refractivity contribution >= 4 is 0 Å². The molecule has 0 spiro atoms. The van der Waals surface area contributed by atoms with Crippen LogP contribution in [0.4, 0.5) is 0 Å². The Labute approximate surface area is 89.5 Å². The standard InChI is InChI=1S/C14H26/c1-9(2)13(6)10(3)11-8-12(4,5)14(11,13)7/h9-11H,8H2,1-7H3. The van der Waals surface area contributed by atoms with Crippen LogP contribution in [0.5, 0.6) is 0 Å². The smallest absolute Gasteiger partial charge is 0.0184 e. The Kier molecular flexibility index (Phi) is 1.79. The lowest BCUT2D eigenvalue weighted by Gasteiger charge is -2.82. The molecule has 0 amide bonds. The van der Waals surface area contributed by atoms with Crippen molar-refractivity contribution in [2.45, 2.75) is 54.9 Å². The summed E-state index contributed by atoms with van der Waals surface area (Å²) in [4.78, 5) is 0. The molecule has 2 aliphatic carbocycles. The Balaban J connectivity index is 2.37. The van der Waals surface area contributed by atoms with E-state index in [0.717, 1.165) is 17.8 Å². The van der Waals surface area contributed by atoms with Crippen molar-refractivity contribution < 1.29 is 0 Å². The second kappa shape index (κ2) is 2.39. The molecule has 4 atom stereocenters. The lowest BCUT2D eigenvalue weighted by Crippen LogP contribution is -2.76. The zero-order valence-electron chi connectivity index (χ0n) is 10.9. The number of hydrogen-bond acceptors (Lipinski definition) is 0. The molecule has 4 unspecified atom stereocenters. The maximum atomic E-state index is 2.54. The highest BCUT2D eigenvalue weighted by Gasteiger charge is 2.76. The number of rotatable bonds is 1. The van der Waals surface area contributed by atoms with Crippen LogP contribution in [-0.4, -0.2) is 0 Å². The van der Waals surface area contributed by atoms with Gasteiger partial charge in [0.15, 0.2) is 0 Å². The molecule has 2 saturated carbocycles. The lowest BCUT2D eigenvalue weighted by atomic mass is 9.23. The lowest BCUT2D eigenvalue weighted by molar-refractivity contribution is -0.341. The third kappa shape index (κ3) is 0.717. The van der Waals surface area contributed by atoms with E-state index < -0.39 is 0 Å². The minimum absolute atomic E-state index is 0.569. The fourth-order valence-electron chi connectivity index (χ4n) is 5.06. The summed E-state index contributed by atoms with van der Waals surface area (Å²) >= 11 is 0. The summed E-state index contributed by atoms with van der Waals surface area (Å²) in [5, 5.41) is 0. The predicted octanol–water partition coefficient (Wildman–Crippen LogP) is 4.35. The van der Waals surface area contributed by atoms with Gasteiger partial charge in [0.25, 0.3) is 0 Å². The van der Waals surface area contributed by atoms with Gasteiger partial charge in [0, 0.05) is 0 Å². The summed E-state index contributed by atoms with van der Waals surface area (Å²) in [6.45, 7) is 17.3. The summed E-state index contributed by atoms with van der Waals surface area (Å²) in [6, 6.07) is 0. The first-order chi connectivity index (χ1) is 6.19. The highest BCUT2D eigenvalue weighted by Crippen LogP contribution is 2.82. The van der Waals surface area contributed by atoms with E-state index >= 15 is 0 Å². The molecule has 14 heavy (non-hydrogen) atoms. The minimum atomic E-state index is 0.569. The van der Waals surface area contributed by atoms with Gasteiger partial charge in [0.1, 0.15) is 0 Å². The molecule has 0 aromatic rings. The second-order valence-corrected chi connectivity index (χ2v) is 7.12. The first kappa shape index (κ1) is 10.5. The molecule has 0 aromatic carbocycles. The monoisotopic (exact) mass is 194 g/mol. The first-order valence-electron chi connectivity index (χ1n) is 6.19. The normalized spacial score (nSPS) is 54.9. The van der Waals surface area contributed by atoms with Gasteiger partial charge in [-0.15, -0.1) is 0 Å². The molecule has 82 valence electrons. The van der Waals surface area contributed by atoms with Crippen molar-refractivity contribution in [2.75, 3.05) is 0 Å². The number of fused-ring (bicyclic) bond motifs is 1. The molecule has 0 saturated heterocycles. The average Bonchev–Trinajstić information content (AvgIpc) is 2.10. The van der Waals surface area contributed by atoms with Crippen LogP contribution >= 0.6 is 0 Å². The van der Waals surface area contributed by atoms with Gasteiger partial charge in [-0.05, 0) is 40.4 Å². The Hall–Kier alpha value is 0. The van der Waals surface area contributed by atoms with Crippen LogP contribution in [0, 0.1) is 34.0 Å². The summed E-state index contributed by atoms with van der Waals surface area (Å²) in [5.74, 6) is 2.75. The molecular formula is C14H26. The van der Waals surface area contributed by atoms with E-state index in [1.807, 2.05) is 0 Å². The molecule has 2 rings (SSSR count). The molecular weight excluding hydrogens is 168 g/mol. The maximum Gasteiger partial charge on any atom is -0.0184 e. The van der Waals surface area contributed by atoms with Crippen LogP contribution < -0.4 is 0 Å². The van der Waals surface area contributed by atoms with Crippen molar-refractivity contribution in [1.29, 1.82) is 0 Å². The zero-order chi connectivity index (χ0) is 10.9. The molecule has 0 radical (unpaired) electrons. The molecule has 0 N–H and O–H groups in total. The third-order valence-corrected chi connectivity index (χ3v) is 6.75. The van der Waals surface area contributed by atoms with E-state index in [0.29, 0.717) is 16.2 Å². The molecule has 0 aliphatic heterocycles. The van der Waals surface area contributed by atoms with Gasteiger partial charge in [0.2, 0.25) is 0 Å². The SMILES string of the molecule is CC(C)C1(C)C(C)C2CC(C)(C)C21C. The topological polar surface area (TPSA) is 0 Å². The Morgan fingerprint density at radius 2 is 1.57 bits per heavy atom. The molecule has 0 nitrogen and oxygen atoms in total. The molecule has 0 heteroatoms. The van der Waals surface area contributed by atoms with Gasteiger partial charge in [0.05, 0.1) is 0 Å². The van der Waals surface area contributed by atoms with Gasteiger partial charge >= 0.3 is 0 Å². The predicted molar refractivity (Wildman–Crippen MR) is 62.1 cm³/mol. The minimum Gasteiger partial charge on any atom is -0.0622 e. The van der Waals surface area contributed by atoms with Gasteiger partial charge in [-0.25, -0.2) is 0 Å². The van der Waals surface area contributed by atoms with E-state index in [2.05, 4.69) is 48.5 Å². The van der Waals surface area contributed by atoms with Gasteiger partial charge in [-0.1, -0.05) is 48.5 Å².